The number of benzene rings is 1. The van der Waals surface area contributed by atoms with Crippen LogP contribution in [0.3, 0.4) is 0 Å². The Bertz CT molecular complexity index is 1240. The van der Waals surface area contributed by atoms with Gasteiger partial charge in [0.2, 0.25) is 0 Å². The molecule has 5 unspecified atom stereocenters. The minimum Gasteiger partial charge on any atom is -0.389 e. The highest BCUT2D eigenvalue weighted by Crippen LogP contribution is 2.83. The highest BCUT2D eigenvalue weighted by atomic mass is 19.1. The summed E-state index contributed by atoms with van der Waals surface area (Å²) in [6, 6.07) is 5.73. The van der Waals surface area contributed by atoms with E-state index in [9.17, 15) is 19.1 Å². The van der Waals surface area contributed by atoms with Crippen LogP contribution in [-0.4, -0.2) is 49.4 Å². The van der Waals surface area contributed by atoms with Crippen LogP contribution in [0.25, 0.3) is 11.3 Å². The van der Waals surface area contributed by atoms with Crippen molar-refractivity contribution in [3.8, 4) is 11.3 Å². The molecule has 0 saturated heterocycles. The summed E-state index contributed by atoms with van der Waals surface area (Å²) in [6.45, 7) is 1.06. The van der Waals surface area contributed by atoms with Crippen LogP contribution in [0, 0.1) is 23.1 Å². The molecule has 4 saturated carbocycles. The highest BCUT2D eigenvalue weighted by Gasteiger charge is 2.84. The Balaban J connectivity index is 1.16. The molecule has 2 bridgehead atoms. The van der Waals surface area contributed by atoms with Crippen molar-refractivity contribution >= 4 is 11.9 Å². The van der Waals surface area contributed by atoms with E-state index in [0.717, 1.165) is 19.3 Å². The Morgan fingerprint density at radius 2 is 2.03 bits per heavy atom. The second kappa shape index (κ2) is 5.94. The number of primary amides is 1. The van der Waals surface area contributed by atoms with Gasteiger partial charge in [-0.15, -0.1) is 0 Å². The summed E-state index contributed by atoms with van der Waals surface area (Å²) >= 11 is 0. The van der Waals surface area contributed by atoms with Gasteiger partial charge in [0.15, 0.2) is 0 Å². The molecule has 1 aliphatic heterocycles. The molecule has 2 aromatic rings. The molecule has 5 atom stereocenters. The quantitative estimate of drug-likeness (QED) is 0.662. The summed E-state index contributed by atoms with van der Waals surface area (Å²) in [5, 5.41) is 18.9. The van der Waals surface area contributed by atoms with Crippen molar-refractivity contribution in [3.05, 3.63) is 41.3 Å². The van der Waals surface area contributed by atoms with Gasteiger partial charge in [0.25, 0.3) is 5.91 Å². The summed E-state index contributed by atoms with van der Waals surface area (Å²) in [4.78, 5) is 27.4. The van der Waals surface area contributed by atoms with E-state index in [2.05, 4.69) is 10.4 Å². The molecule has 8 nitrogen and oxygen atoms in total. The summed E-state index contributed by atoms with van der Waals surface area (Å²) in [6.07, 6.45) is 4.50. The standard InChI is InChI=1S/C24H26FN5O3/c25-16-3-1-2-13(6-16)19-18(20(26)31)17-10-29(4-5-30(17)28-19)21(32)27-22-8-14-7-15-9-23(33,11-22)24(14,15)12-22/h1-3,6,14-15,33H,4-5,7-12H2,(H2,26,31)(H,27,32). The zero-order valence-electron chi connectivity index (χ0n) is 18.2. The molecular weight excluding hydrogens is 425 g/mol. The number of nitrogens with two attached hydrogens (primary N) is 1. The van der Waals surface area contributed by atoms with Crippen molar-refractivity contribution in [1.29, 1.82) is 0 Å². The fraction of sp³-hybridized carbons (Fsp3) is 0.542. The van der Waals surface area contributed by atoms with E-state index >= 15 is 0 Å². The fourth-order valence-corrected chi connectivity index (χ4v) is 8.22. The predicted octanol–water partition coefficient (Wildman–Crippen LogP) is 2.01. The Labute approximate surface area is 189 Å². The molecule has 4 aliphatic carbocycles. The molecule has 4 fully saturated rings. The number of halogens is 1. The molecule has 1 aromatic carbocycles. The number of nitrogens with one attached hydrogen (secondary N) is 1. The molecule has 2 heterocycles. The number of carbonyl (C=O) groups excluding carboxylic acids is 2. The first-order chi connectivity index (χ1) is 15.7. The number of rotatable bonds is 3. The smallest absolute Gasteiger partial charge is 0.318 e. The van der Waals surface area contributed by atoms with Gasteiger partial charge < -0.3 is 21.1 Å². The molecule has 5 aliphatic rings. The third-order valence-electron chi connectivity index (χ3n) is 9.36. The van der Waals surface area contributed by atoms with Crippen LogP contribution >= 0.6 is 0 Å². The average molecular weight is 452 g/mol. The van der Waals surface area contributed by atoms with Gasteiger partial charge in [-0.3, -0.25) is 9.48 Å². The zero-order chi connectivity index (χ0) is 22.8. The third kappa shape index (κ3) is 2.31. The number of hydrogen-bond acceptors (Lipinski definition) is 4. The molecule has 0 radical (unpaired) electrons. The van der Waals surface area contributed by atoms with Gasteiger partial charge >= 0.3 is 6.03 Å². The van der Waals surface area contributed by atoms with Gasteiger partial charge in [0.1, 0.15) is 11.5 Å². The minimum atomic E-state index is -0.650. The van der Waals surface area contributed by atoms with Crippen LogP contribution in [0.5, 0.6) is 0 Å². The fourth-order valence-electron chi connectivity index (χ4n) is 8.22. The normalized spacial score (nSPS) is 37.1. The molecule has 7 rings (SSSR count). The zero-order valence-corrected chi connectivity index (χ0v) is 18.2. The Hall–Kier alpha value is -2.94. The number of urea groups is 1. The lowest BCUT2D eigenvalue weighted by Gasteiger charge is -2.70. The summed E-state index contributed by atoms with van der Waals surface area (Å²) in [7, 11) is 0. The summed E-state index contributed by atoms with van der Waals surface area (Å²) in [5.74, 6) is 0.0721. The first kappa shape index (κ1) is 19.5. The lowest BCUT2D eigenvalue weighted by molar-refractivity contribution is -0.284. The maximum Gasteiger partial charge on any atom is 0.318 e. The number of fused-ring (bicyclic) bond motifs is 2. The molecule has 1 aromatic heterocycles. The largest absolute Gasteiger partial charge is 0.389 e. The SMILES string of the molecule is NC(=O)c1c(-c2cccc(F)c2)nn2c1CN(C(=O)NC13CC4CC5CC(O)(C1)C45C3)CC2. The van der Waals surface area contributed by atoms with Gasteiger partial charge in [-0.25, -0.2) is 9.18 Å². The maximum absolute atomic E-state index is 13.8. The molecule has 1 spiro atoms. The van der Waals surface area contributed by atoms with Crippen LogP contribution in [0.15, 0.2) is 24.3 Å². The predicted molar refractivity (Wildman–Crippen MR) is 115 cm³/mol. The number of hydrogen-bond donors (Lipinski definition) is 3. The second-order valence-electron chi connectivity index (χ2n) is 10.9. The van der Waals surface area contributed by atoms with E-state index in [1.807, 2.05) is 0 Å². The van der Waals surface area contributed by atoms with E-state index in [-0.39, 0.29) is 29.1 Å². The second-order valence-corrected chi connectivity index (χ2v) is 10.9. The molecule has 3 amide bonds. The molecule has 172 valence electrons. The van der Waals surface area contributed by atoms with Crippen molar-refractivity contribution in [1.82, 2.24) is 20.0 Å². The van der Waals surface area contributed by atoms with Crippen LogP contribution in [-0.2, 0) is 13.1 Å². The van der Waals surface area contributed by atoms with Gasteiger partial charge in [0, 0.05) is 23.1 Å². The average Bonchev–Trinajstić information content (AvgIpc) is 3.34. The lowest BCUT2D eigenvalue weighted by Crippen LogP contribution is -2.71. The van der Waals surface area contributed by atoms with Gasteiger partial charge in [-0.1, -0.05) is 12.1 Å². The van der Waals surface area contributed by atoms with Crippen LogP contribution in [0.1, 0.15) is 48.2 Å². The topological polar surface area (TPSA) is 113 Å². The first-order valence-corrected chi connectivity index (χ1v) is 11.7. The van der Waals surface area contributed by atoms with Crippen molar-refractivity contribution in [2.45, 2.75) is 56.3 Å². The lowest BCUT2D eigenvalue weighted by atomic mass is 9.36. The van der Waals surface area contributed by atoms with Crippen LogP contribution in [0.4, 0.5) is 9.18 Å². The number of amides is 3. The highest BCUT2D eigenvalue weighted by molar-refractivity contribution is 6.00. The Morgan fingerprint density at radius 1 is 1.21 bits per heavy atom. The van der Waals surface area contributed by atoms with Gasteiger partial charge in [0.05, 0.1) is 29.9 Å². The Kier molecular flexibility index (Phi) is 3.51. The minimum absolute atomic E-state index is 0.0415. The van der Waals surface area contributed by atoms with Gasteiger partial charge in [-0.2, -0.15) is 5.10 Å². The number of aromatic nitrogens is 2. The first-order valence-electron chi connectivity index (χ1n) is 11.7. The van der Waals surface area contributed by atoms with Gasteiger partial charge in [-0.05, 0) is 56.1 Å². The van der Waals surface area contributed by atoms with Crippen LogP contribution < -0.4 is 11.1 Å². The van der Waals surface area contributed by atoms with E-state index < -0.39 is 17.3 Å². The van der Waals surface area contributed by atoms with Crippen molar-refractivity contribution < 1.29 is 19.1 Å². The summed E-state index contributed by atoms with van der Waals surface area (Å²) < 4.78 is 15.5. The van der Waals surface area contributed by atoms with E-state index in [0.29, 0.717) is 48.3 Å². The van der Waals surface area contributed by atoms with E-state index in [1.54, 1.807) is 21.7 Å². The maximum atomic E-state index is 13.8. The van der Waals surface area contributed by atoms with E-state index in [4.69, 9.17) is 5.73 Å². The monoisotopic (exact) mass is 451 g/mol. The Morgan fingerprint density at radius 3 is 2.73 bits per heavy atom. The van der Waals surface area contributed by atoms with Crippen molar-refractivity contribution in [3.63, 3.8) is 0 Å². The summed E-state index contributed by atoms with van der Waals surface area (Å²) in [5.41, 5.74) is 6.41. The number of nitrogens with zero attached hydrogens (tertiary/aromatic N) is 3. The molecule has 33 heavy (non-hydrogen) atoms. The molecule has 4 N–H and O–H groups in total. The third-order valence-corrected chi connectivity index (χ3v) is 9.36. The number of carbonyl (C=O) groups is 2. The van der Waals surface area contributed by atoms with E-state index in [1.165, 1.54) is 18.6 Å². The van der Waals surface area contributed by atoms with Crippen molar-refractivity contribution in [2.75, 3.05) is 6.54 Å². The van der Waals surface area contributed by atoms with Crippen molar-refractivity contribution in [2.24, 2.45) is 23.0 Å². The molecule has 9 heteroatoms. The van der Waals surface area contributed by atoms with Crippen LogP contribution in [0.2, 0.25) is 0 Å². The number of aliphatic hydroxyl groups is 1. The molecular formula is C24H26FN5O3.